The van der Waals surface area contributed by atoms with Gasteiger partial charge in [0.05, 0.1) is 28.9 Å². The van der Waals surface area contributed by atoms with Gasteiger partial charge < -0.3 is 0 Å². The molecule has 1 aromatic carbocycles. The Morgan fingerprint density at radius 1 is 1.22 bits per heavy atom. The first-order valence-corrected chi connectivity index (χ1v) is 8.07. The summed E-state index contributed by atoms with van der Waals surface area (Å²) < 4.78 is 1.86. The van der Waals surface area contributed by atoms with Crippen LogP contribution in [0.4, 0.5) is 0 Å². The summed E-state index contributed by atoms with van der Waals surface area (Å²) in [5.74, 6) is 0. The molecular weight excluding hydrogens is 308 g/mol. The zero-order valence-electron chi connectivity index (χ0n) is 12.3. The van der Waals surface area contributed by atoms with Crippen molar-refractivity contribution >= 4 is 22.5 Å². The third-order valence-electron chi connectivity index (χ3n) is 5.45. The zero-order valence-corrected chi connectivity index (χ0v) is 13.1. The summed E-state index contributed by atoms with van der Waals surface area (Å²) in [4.78, 5) is 4.02. The first-order valence-electron chi connectivity index (χ1n) is 7.69. The van der Waals surface area contributed by atoms with Crippen LogP contribution in [0.3, 0.4) is 0 Å². The van der Waals surface area contributed by atoms with Crippen LogP contribution in [-0.2, 0) is 5.41 Å². The Morgan fingerprint density at radius 2 is 2.09 bits per heavy atom. The molecule has 1 unspecified atom stereocenters. The molecule has 2 fully saturated rings. The number of hydrogen-bond acceptors (Lipinski definition) is 3. The Kier molecular flexibility index (Phi) is 2.35. The van der Waals surface area contributed by atoms with E-state index in [9.17, 15) is 5.26 Å². The molecule has 5 heteroatoms. The van der Waals surface area contributed by atoms with E-state index in [0.29, 0.717) is 5.15 Å². The van der Waals surface area contributed by atoms with Crippen LogP contribution in [0.15, 0.2) is 42.7 Å². The van der Waals surface area contributed by atoms with E-state index in [0.717, 1.165) is 28.6 Å². The van der Waals surface area contributed by atoms with Gasteiger partial charge in [-0.15, -0.1) is 0 Å². The van der Waals surface area contributed by atoms with E-state index in [2.05, 4.69) is 34.4 Å². The second-order valence-electron chi connectivity index (χ2n) is 6.64. The summed E-state index contributed by atoms with van der Waals surface area (Å²) in [6.45, 7) is 0. The maximum Gasteiger partial charge on any atom is 0.131 e. The minimum Gasteiger partial charge on any atom is -0.244 e. The van der Waals surface area contributed by atoms with Crippen molar-refractivity contribution in [2.24, 2.45) is 5.41 Å². The van der Waals surface area contributed by atoms with Gasteiger partial charge in [0.25, 0.3) is 0 Å². The first kappa shape index (κ1) is 13.1. The maximum atomic E-state index is 9.73. The fourth-order valence-corrected chi connectivity index (χ4v) is 4.03. The number of aromatic nitrogens is 3. The Balaban J connectivity index is 1.69. The van der Waals surface area contributed by atoms with Crippen LogP contribution >= 0.6 is 11.6 Å². The van der Waals surface area contributed by atoms with Crippen LogP contribution in [0, 0.1) is 16.7 Å². The number of pyridine rings is 1. The van der Waals surface area contributed by atoms with Gasteiger partial charge in [0, 0.05) is 17.6 Å². The molecular formula is C18H13ClN4. The Labute approximate surface area is 138 Å². The van der Waals surface area contributed by atoms with Crippen molar-refractivity contribution in [1.29, 1.82) is 5.26 Å². The number of halogens is 1. The number of rotatable bonds is 2. The molecule has 5 rings (SSSR count). The number of hydrogen-bond donors (Lipinski definition) is 0. The van der Waals surface area contributed by atoms with Crippen molar-refractivity contribution in [2.45, 2.75) is 24.7 Å². The zero-order chi connectivity index (χ0) is 15.7. The van der Waals surface area contributed by atoms with Crippen LogP contribution in [0.25, 0.3) is 16.6 Å². The predicted molar refractivity (Wildman–Crippen MR) is 87.5 cm³/mol. The topological polar surface area (TPSA) is 54.5 Å². The Hall–Kier alpha value is -2.38. The second kappa shape index (κ2) is 4.12. The molecule has 0 saturated heterocycles. The molecule has 2 aliphatic carbocycles. The normalized spacial score (nSPS) is 23.8. The smallest absolute Gasteiger partial charge is 0.131 e. The SMILES string of the molecule is N#CC1(c2ccc3cnn(-c4ccnc(Cl)c4)c3c2)CC12CC2. The van der Waals surface area contributed by atoms with Gasteiger partial charge in [0.2, 0.25) is 0 Å². The van der Waals surface area contributed by atoms with Crippen molar-refractivity contribution in [3.05, 3.63) is 53.4 Å². The van der Waals surface area contributed by atoms with E-state index in [4.69, 9.17) is 11.6 Å². The van der Waals surface area contributed by atoms with Crippen LogP contribution in [0.5, 0.6) is 0 Å². The highest BCUT2D eigenvalue weighted by Gasteiger charge is 2.75. The van der Waals surface area contributed by atoms with Gasteiger partial charge in [-0.1, -0.05) is 23.7 Å². The summed E-state index contributed by atoms with van der Waals surface area (Å²) in [5.41, 5.74) is 2.97. The molecule has 0 bridgehead atoms. The molecule has 23 heavy (non-hydrogen) atoms. The van der Waals surface area contributed by atoms with E-state index >= 15 is 0 Å². The highest BCUT2D eigenvalue weighted by atomic mass is 35.5. The van der Waals surface area contributed by atoms with Gasteiger partial charge in [-0.2, -0.15) is 10.4 Å². The Morgan fingerprint density at radius 3 is 2.78 bits per heavy atom. The van der Waals surface area contributed by atoms with Gasteiger partial charge >= 0.3 is 0 Å². The van der Waals surface area contributed by atoms with Gasteiger partial charge in [-0.25, -0.2) is 9.67 Å². The van der Waals surface area contributed by atoms with E-state index in [-0.39, 0.29) is 10.8 Å². The summed E-state index contributed by atoms with van der Waals surface area (Å²) in [5, 5.41) is 15.7. The van der Waals surface area contributed by atoms with Crippen LogP contribution in [0.1, 0.15) is 24.8 Å². The summed E-state index contributed by atoms with van der Waals surface area (Å²) in [7, 11) is 0. The number of fused-ring (bicyclic) bond motifs is 1. The average Bonchev–Trinajstić information content (AvgIpc) is 3.44. The minimum atomic E-state index is -0.286. The number of benzene rings is 1. The molecule has 2 aromatic heterocycles. The lowest BCUT2D eigenvalue weighted by Gasteiger charge is -2.10. The van der Waals surface area contributed by atoms with Crippen molar-refractivity contribution in [1.82, 2.24) is 14.8 Å². The number of nitriles is 1. The lowest BCUT2D eigenvalue weighted by atomic mass is 9.93. The molecule has 3 aromatic rings. The quantitative estimate of drug-likeness (QED) is 0.670. The largest absolute Gasteiger partial charge is 0.244 e. The number of nitrogens with zero attached hydrogens (tertiary/aromatic N) is 4. The summed E-state index contributed by atoms with van der Waals surface area (Å²) in [6.07, 6.45) is 6.87. The first-order chi connectivity index (χ1) is 11.2. The van der Waals surface area contributed by atoms with Crippen molar-refractivity contribution in [3.63, 3.8) is 0 Å². The van der Waals surface area contributed by atoms with Crippen molar-refractivity contribution in [3.8, 4) is 11.8 Å². The van der Waals surface area contributed by atoms with Crippen LogP contribution in [-0.4, -0.2) is 14.8 Å². The van der Waals surface area contributed by atoms with E-state index in [1.165, 1.54) is 12.8 Å². The monoisotopic (exact) mass is 320 g/mol. The van der Waals surface area contributed by atoms with E-state index < -0.39 is 0 Å². The van der Waals surface area contributed by atoms with Crippen molar-refractivity contribution < 1.29 is 0 Å². The highest BCUT2D eigenvalue weighted by Crippen LogP contribution is 2.78. The Bertz CT molecular complexity index is 996. The fourth-order valence-electron chi connectivity index (χ4n) is 3.86. The van der Waals surface area contributed by atoms with Gasteiger partial charge in [0.15, 0.2) is 0 Å². The molecule has 112 valence electrons. The van der Waals surface area contributed by atoms with E-state index in [1.54, 1.807) is 12.3 Å². The van der Waals surface area contributed by atoms with E-state index in [1.807, 2.05) is 16.9 Å². The lowest BCUT2D eigenvalue weighted by Crippen LogP contribution is -2.07. The molecule has 1 spiro atoms. The minimum absolute atomic E-state index is 0.264. The second-order valence-corrected chi connectivity index (χ2v) is 7.03. The molecule has 2 heterocycles. The summed E-state index contributed by atoms with van der Waals surface area (Å²) in [6, 6.07) is 12.5. The van der Waals surface area contributed by atoms with Crippen molar-refractivity contribution in [2.75, 3.05) is 0 Å². The molecule has 2 aliphatic rings. The maximum absolute atomic E-state index is 9.73. The third-order valence-corrected chi connectivity index (χ3v) is 5.65. The molecule has 2 saturated carbocycles. The molecule has 0 radical (unpaired) electrons. The molecule has 0 aliphatic heterocycles. The fraction of sp³-hybridized carbons (Fsp3) is 0.278. The molecule has 4 nitrogen and oxygen atoms in total. The molecule has 0 N–H and O–H groups in total. The standard InChI is InChI=1S/C18H13ClN4/c19-16-8-14(3-6-21-16)23-15-7-13(2-1-12(15)9-22-23)18(11-20)10-17(18)4-5-17/h1-3,6-9H,4-5,10H2. The molecule has 0 amide bonds. The predicted octanol–water partition coefficient (Wildman–Crippen LogP) is 4.02. The van der Waals surface area contributed by atoms with Gasteiger partial charge in [-0.3, -0.25) is 0 Å². The summed E-state index contributed by atoms with van der Waals surface area (Å²) >= 11 is 6.00. The van der Waals surface area contributed by atoms with Crippen LogP contribution < -0.4 is 0 Å². The lowest BCUT2D eigenvalue weighted by molar-refractivity contribution is 0.738. The third kappa shape index (κ3) is 1.66. The average molecular weight is 321 g/mol. The molecule has 1 atom stereocenters. The van der Waals surface area contributed by atoms with Gasteiger partial charge in [-0.05, 0) is 42.4 Å². The van der Waals surface area contributed by atoms with Gasteiger partial charge in [0.1, 0.15) is 5.15 Å². The highest BCUT2D eigenvalue weighted by molar-refractivity contribution is 6.29. The van der Waals surface area contributed by atoms with Crippen LogP contribution in [0.2, 0.25) is 5.15 Å².